The number of H-pyrrole nitrogens is 1. The summed E-state index contributed by atoms with van der Waals surface area (Å²) in [7, 11) is 1.64. The van der Waals surface area contributed by atoms with Crippen LogP contribution in [0.25, 0.3) is 10.9 Å². The largest absolute Gasteiger partial charge is 0.497 e. The molecule has 3 N–H and O–H groups in total. The maximum Gasteiger partial charge on any atom is 0.221 e. The van der Waals surface area contributed by atoms with E-state index in [-0.39, 0.29) is 5.91 Å². The van der Waals surface area contributed by atoms with Crippen molar-refractivity contribution in [2.24, 2.45) is 0 Å². The summed E-state index contributed by atoms with van der Waals surface area (Å²) in [6, 6.07) is 16.0. The maximum atomic E-state index is 11.9. The van der Waals surface area contributed by atoms with Crippen LogP contribution in [0.2, 0.25) is 0 Å². The normalized spacial score (nSPS) is 10.8. The number of carbonyl (C=O) groups is 1. The molecule has 0 spiro atoms. The van der Waals surface area contributed by atoms with Crippen molar-refractivity contribution in [3.05, 3.63) is 65.9 Å². The van der Waals surface area contributed by atoms with Crippen molar-refractivity contribution < 1.29 is 9.53 Å². The molecule has 0 unspecified atom stereocenters. The minimum Gasteiger partial charge on any atom is -0.497 e. The number of carbonyl (C=O) groups excluding carboxylic acids is 1. The summed E-state index contributed by atoms with van der Waals surface area (Å²) in [5.41, 5.74) is 3.53. The molecule has 5 heteroatoms. The lowest BCUT2D eigenvalue weighted by molar-refractivity contribution is -0.121. The van der Waals surface area contributed by atoms with Gasteiger partial charge in [-0.2, -0.15) is 0 Å². The zero-order chi connectivity index (χ0) is 18.2. The molecule has 0 atom stereocenters. The molecule has 3 aromatic rings. The number of ether oxygens (including phenoxy) is 1. The molecule has 1 heterocycles. The molecule has 1 amide bonds. The molecule has 0 radical (unpaired) electrons. The van der Waals surface area contributed by atoms with E-state index in [0.717, 1.165) is 24.3 Å². The standard InChI is InChI=1S/C21H25N3O2/c1-26-18-8-6-16(7-9-18)14-24-21(25)11-13-22-12-10-17-15-23-20-5-3-2-4-19(17)20/h2-9,15,22-23H,10-14H2,1H3,(H,24,25). The number of rotatable bonds is 9. The molecule has 0 saturated carbocycles. The number of amides is 1. The van der Waals surface area contributed by atoms with E-state index in [0.29, 0.717) is 19.5 Å². The molecule has 0 aliphatic heterocycles. The minimum absolute atomic E-state index is 0.0559. The molecule has 5 nitrogen and oxygen atoms in total. The van der Waals surface area contributed by atoms with Gasteiger partial charge in [0.1, 0.15) is 5.75 Å². The van der Waals surface area contributed by atoms with E-state index in [9.17, 15) is 4.79 Å². The number of fused-ring (bicyclic) bond motifs is 1. The first kappa shape index (κ1) is 18.0. The number of aromatic nitrogens is 1. The van der Waals surface area contributed by atoms with Gasteiger partial charge in [-0.3, -0.25) is 4.79 Å². The Balaban J connectivity index is 1.32. The number of methoxy groups -OCH3 is 1. The van der Waals surface area contributed by atoms with E-state index in [1.807, 2.05) is 30.3 Å². The average molecular weight is 351 g/mol. The van der Waals surface area contributed by atoms with Crippen molar-refractivity contribution >= 4 is 16.8 Å². The van der Waals surface area contributed by atoms with Crippen LogP contribution in [0.4, 0.5) is 0 Å². The van der Waals surface area contributed by atoms with E-state index in [2.05, 4.69) is 40.0 Å². The highest BCUT2D eigenvalue weighted by atomic mass is 16.5. The van der Waals surface area contributed by atoms with Gasteiger partial charge in [-0.1, -0.05) is 30.3 Å². The van der Waals surface area contributed by atoms with Gasteiger partial charge in [0.05, 0.1) is 7.11 Å². The van der Waals surface area contributed by atoms with Gasteiger partial charge in [-0.25, -0.2) is 0 Å². The van der Waals surface area contributed by atoms with Gasteiger partial charge in [0.25, 0.3) is 0 Å². The van der Waals surface area contributed by atoms with Crippen molar-refractivity contribution in [2.45, 2.75) is 19.4 Å². The van der Waals surface area contributed by atoms with Crippen LogP contribution >= 0.6 is 0 Å². The van der Waals surface area contributed by atoms with Crippen molar-refractivity contribution in [1.29, 1.82) is 0 Å². The van der Waals surface area contributed by atoms with E-state index in [1.54, 1.807) is 7.11 Å². The van der Waals surface area contributed by atoms with Gasteiger partial charge < -0.3 is 20.4 Å². The number of aromatic amines is 1. The topological polar surface area (TPSA) is 66.2 Å². The molecule has 3 rings (SSSR count). The summed E-state index contributed by atoms with van der Waals surface area (Å²) >= 11 is 0. The molecular weight excluding hydrogens is 326 g/mol. The molecule has 0 aliphatic rings. The molecule has 0 bridgehead atoms. The fraction of sp³-hybridized carbons (Fsp3) is 0.286. The highest BCUT2D eigenvalue weighted by Crippen LogP contribution is 2.17. The summed E-state index contributed by atoms with van der Waals surface area (Å²) in [6.45, 7) is 2.07. The van der Waals surface area contributed by atoms with E-state index in [4.69, 9.17) is 4.74 Å². The molecule has 0 saturated heterocycles. The number of nitrogens with one attached hydrogen (secondary N) is 3. The van der Waals surface area contributed by atoms with Gasteiger partial charge in [-0.15, -0.1) is 0 Å². The molecule has 26 heavy (non-hydrogen) atoms. The van der Waals surface area contributed by atoms with Crippen molar-refractivity contribution in [2.75, 3.05) is 20.2 Å². The summed E-state index contributed by atoms with van der Waals surface area (Å²) in [6.07, 6.45) is 3.48. The quantitative estimate of drug-likeness (QED) is 0.519. The van der Waals surface area contributed by atoms with Crippen molar-refractivity contribution in [3.63, 3.8) is 0 Å². The third-order valence-corrected chi connectivity index (χ3v) is 4.42. The fourth-order valence-corrected chi connectivity index (χ4v) is 2.92. The second kappa shape index (κ2) is 9.06. The third-order valence-electron chi connectivity index (χ3n) is 4.42. The number of benzene rings is 2. The Labute approximate surface area is 153 Å². The Kier molecular flexibility index (Phi) is 6.28. The maximum absolute atomic E-state index is 11.9. The second-order valence-electron chi connectivity index (χ2n) is 6.23. The smallest absolute Gasteiger partial charge is 0.221 e. The minimum atomic E-state index is 0.0559. The van der Waals surface area contributed by atoms with Crippen LogP contribution in [-0.4, -0.2) is 31.1 Å². The summed E-state index contributed by atoms with van der Waals surface area (Å²) in [5.74, 6) is 0.875. The van der Waals surface area contributed by atoms with E-state index < -0.39 is 0 Å². The third kappa shape index (κ3) is 4.86. The van der Waals surface area contributed by atoms with Gasteiger partial charge in [0.2, 0.25) is 5.91 Å². The van der Waals surface area contributed by atoms with Crippen LogP contribution in [-0.2, 0) is 17.8 Å². The van der Waals surface area contributed by atoms with Crippen LogP contribution in [0, 0.1) is 0 Å². The SMILES string of the molecule is COc1ccc(CNC(=O)CCNCCc2c[nH]c3ccccc23)cc1. The Bertz CT molecular complexity index is 840. The highest BCUT2D eigenvalue weighted by Gasteiger charge is 2.04. The second-order valence-corrected chi connectivity index (χ2v) is 6.23. The Hall–Kier alpha value is -2.79. The molecule has 0 aliphatic carbocycles. The zero-order valence-corrected chi connectivity index (χ0v) is 15.0. The lowest BCUT2D eigenvalue weighted by atomic mass is 10.1. The predicted octanol–water partition coefficient (Wildman–Crippen LogP) is 3.02. The van der Waals surface area contributed by atoms with Gasteiger partial charge in [0.15, 0.2) is 0 Å². The summed E-state index contributed by atoms with van der Waals surface area (Å²) in [4.78, 5) is 15.2. The first-order chi connectivity index (χ1) is 12.8. The predicted molar refractivity (Wildman–Crippen MR) is 104 cm³/mol. The molecule has 0 fully saturated rings. The van der Waals surface area contributed by atoms with Crippen LogP contribution in [0.1, 0.15) is 17.5 Å². The number of para-hydroxylation sites is 1. The zero-order valence-electron chi connectivity index (χ0n) is 15.0. The van der Waals surface area contributed by atoms with Crippen LogP contribution in [0.5, 0.6) is 5.75 Å². The number of hydrogen-bond donors (Lipinski definition) is 3. The lowest BCUT2D eigenvalue weighted by Gasteiger charge is -2.07. The molecule has 136 valence electrons. The Morgan fingerprint density at radius 3 is 2.69 bits per heavy atom. The summed E-state index contributed by atoms with van der Waals surface area (Å²) in [5, 5.41) is 7.55. The van der Waals surface area contributed by atoms with Crippen molar-refractivity contribution in [3.8, 4) is 5.75 Å². The summed E-state index contributed by atoms with van der Waals surface area (Å²) < 4.78 is 5.12. The van der Waals surface area contributed by atoms with Gasteiger partial charge in [-0.05, 0) is 42.3 Å². The lowest BCUT2D eigenvalue weighted by Crippen LogP contribution is -2.28. The van der Waals surface area contributed by atoms with Gasteiger partial charge in [0, 0.05) is 36.6 Å². The molecule has 1 aromatic heterocycles. The highest BCUT2D eigenvalue weighted by molar-refractivity contribution is 5.83. The first-order valence-corrected chi connectivity index (χ1v) is 8.91. The molecular formula is C21H25N3O2. The van der Waals surface area contributed by atoms with Crippen LogP contribution < -0.4 is 15.4 Å². The molecule has 2 aromatic carbocycles. The van der Waals surface area contributed by atoms with Gasteiger partial charge >= 0.3 is 0 Å². The van der Waals surface area contributed by atoms with Crippen molar-refractivity contribution in [1.82, 2.24) is 15.6 Å². The van der Waals surface area contributed by atoms with E-state index in [1.165, 1.54) is 16.5 Å². The monoisotopic (exact) mass is 351 g/mol. The van der Waals surface area contributed by atoms with Crippen LogP contribution in [0.15, 0.2) is 54.7 Å². The fourth-order valence-electron chi connectivity index (χ4n) is 2.92. The first-order valence-electron chi connectivity index (χ1n) is 8.91. The number of hydrogen-bond acceptors (Lipinski definition) is 3. The Morgan fingerprint density at radius 2 is 1.88 bits per heavy atom. The van der Waals surface area contributed by atoms with E-state index >= 15 is 0 Å². The average Bonchev–Trinajstić information content (AvgIpc) is 3.10. The van der Waals surface area contributed by atoms with Crippen LogP contribution in [0.3, 0.4) is 0 Å². The Morgan fingerprint density at radius 1 is 1.08 bits per heavy atom.